The van der Waals surface area contributed by atoms with Crippen LogP contribution in [0.4, 0.5) is 5.69 Å². The summed E-state index contributed by atoms with van der Waals surface area (Å²) in [5, 5.41) is 3.19. The Morgan fingerprint density at radius 1 is 1.27 bits per heavy atom. The lowest BCUT2D eigenvalue weighted by molar-refractivity contribution is -0.815. The molecule has 3 rings (SSSR count). The van der Waals surface area contributed by atoms with Gasteiger partial charge >= 0.3 is 0 Å². The summed E-state index contributed by atoms with van der Waals surface area (Å²) >= 11 is 5.99. The highest BCUT2D eigenvalue weighted by Gasteiger charge is 2.54. The molecule has 1 aromatic carbocycles. The molecule has 80 valence electrons. The van der Waals surface area contributed by atoms with Crippen LogP contribution in [0.3, 0.4) is 0 Å². The van der Waals surface area contributed by atoms with E-state index in [9.17, 15) is 0 Å². The number of rotatable bonds is 1. The molecule has 0 radical (unpaired) electrons. The maximum Gasteiger partial charge on any atom is 0.220 e. The second-order valence-corrected chi connectivity index (χ2v) is 4.61. The molecule has 0 atom stereocenters. The van der Waals surface area contributed by atoms with Gasteiger partial charge in [0.15, 0.2) is 0 Å². The number of benzene rings is 1. The highest BCUT2D eigenvalue weighted by molar-refractivity contribution is 6.30. The maximum atomic E-state index is 5.99. The first-order valence-corrected chi connectivity index (χ1v) is 5.65. The molecule has 0 N–H and O–H groups in total. The lowest BCUT2D eigenvalue weighted by Crippen LogP contribution is -2.42. The van der Waals surface area contributed by atoms with E-state index in [1.54, 1.807) is 0 Å². The molecule has 2 fully saturated rings. The first kappa shape index (κ1) is 9.46. The predicted octanol–water partition coefficient (Wildman–Crippen LogP) is 1.88. The average Bonchev–Trinajstić information content (AvgIpc) is 2.93. The number of hydrogen-bond acceptors (Lipinski definition) is 2. The van der Waals surface area contributed by atoms with Crippen molar-refractivity contribution < 1.29 is 9.33 Å². The molecule has 2 heterocycles. The first-order chi connectivity index (χ1) is 7.30. The normalized spacial score (nSPS) is 23.1. The van der Waals surface area contributed by atoms with Gasteiger partial charge in [-0.05, 0) is 18.2 Å². The predicted molar refractivity (Wildman–Crippen MR) is 59.6 cm³/mol. The summed E-state index contributed by atoms with van der Waals surface area (Å²) in [6.45, 7) is 5.02. The highest BCUT2D eigenvalue weighted by Crippen LogP contribution is 2.37. The molecule has 4 heteroatoms. The Balaban J connectivity index is 1.80. The zero-order chi connectivity index (χ0) is 10.3. The molecule has 3 nitrogen and oxygen atoms in total. The van der Waals surface area contributed by atoms with Crippen LogP contribution >= 0.6 is 11.6 Å². The molecule has 0 saturated carbocycles. The largest absolute Gasteiger partial charge is 0.370 e. The van der Waals surface area contributed by atoms with Crippen LogP contribution in [-0.4, -0.2) is 37.6 Å². The second-order valence-electron chi connectivity index (χ2n) is 4.18. The second kappa shape index (κ2) is 3.37. The van der Waals surface area contributed by atoms with Gasteiger partial charge in [0.2, 0.25) is 6.67 Å². The van der Waals surface area contributed by atoms with Crippen molar-refractivity contribution in [3.8, 4) is 0 Å². The summed E-state index contributed by atoms with van der Waals surface area (Å²) in [5.74, 6) is 0. The SMILES string of the molecule is Clc1cccc(N2C[N+]23CCOCC3)c1. The Bertz CT molecular complexity index is 377. The van der Waals surface area contributed by atoms with Crippen molar-refractivity contribution in [2.45, 2.75) is 0 Å². The van der Waals surface area contributed by atoms with Gasteiger partial charge in [-0.3, -0.25) is 0 Å². The number of halogens is 1. The van der Waals surface area contributed by atoms with Crippen LogP contribution in [0.1, 0.15) is 0 Å². The molecule has 0 unspecified atom stereocenters. The quantitative estimate of drug-likeness (QED) is 0.535. The minimum absolute atomic E-state index is 0.811. The van der Waals surface area contributed by atoms with E-state index in [1.807, 2.05) is 18.2 Å². The fourth-order valence-corrected chi connectivity index (χ4v) is 2.43. The zero-order valence-corrected chi connectivity index (χ0v) is 9.28. The fraction of sp³-hybridized carbons (Fsp3) is 0.455. The average molecular weight is 226 g/mol. The summed E-state index contributed by atoms with van der Waals surface area (Å²) < 4.78 is 6.44. The summed E-state index contributed by atoms with van der Waals surface area (Å²) in [4.78, 5) is 0. The third-order valence-electron chi connectivity index (χ3n) is 3.23. The van der Waals surface area contributed by atoms with E-state index in [0.29, 0.717) is 0 Å². The molecule has 2 aliphatic heterocycles. The van der Waals surface area contributed by atoms with Crippen LogP contribution in [0.5, 0.6) is 0 Å². The number of ether oxygens (including phenoxy) is 1. The van der Waals surface area contributed by atoms with Crippen molar-refractivity contribution in [2.24, 2.45) is 0 Å². The van der Waals surface area contributed by atoms with Crippen molar-refractivity contribution in [3.05, 3.63) is 29.3 Å². The van der Waals surface area contributed by atoms with Crippen LogP contribution in [0, 0.1) is 0 Å². The van der Waals surface area contributed by atoms with Crippen molar-refractivity contribution in [1.29, 1.82) is 0 Å². The van der Waals surface area contributed by atoms with Crippen molar-refractivity contribution in [2.75, 3.05) is 38.0 Å². The highest BCUT2D eigenvalue weighted by atomic mass is 35.5. The Labute approximate surface area is 94.4 Å². The van der Waals surface area contributed by atoms with E-state index in [2.05, 4.69) is 11.1 Å². The van der Waals surface area contributed by atoms with Crippen molar-refractivity contribution >= 4 is 17.3 Å². The number of hydrogen-bond donors (Lipinski definition) is 0. The Morgan fingerprint density at radius 2 is 2.07 bits per heavy atom. The molecule has 15 heavy (non-hydrogen) atoms. The number of quaternary nitrogens is 1. The Kier molecular flexibility index (Phi) is 2.12. The van der Waals surface area contributed by atoms with Gasteiger partial charge in [-0.25, -0.2) is 0 Å². The standard InChI is InChI=1S/C11H14ClN2O/c12-10-2-1-3-11(8-10)13-9-14(13)4-6-15-7-5-14/h1-3,8H,4-7,9H2/q+1. The molecular weight excluding hydrogens is 212 g/mol. The molecule has 1 spiro atoms. The van der Waals surface area contributed by atoms with Gasteiger partial charge in [-0.1, -0.05) is 17.7 Å². The molecule has 2 saturated heterocycles. The number of morpholine rings is 1. The summed E-state index contributed by atoms with van der Waals surface area (Å²) in [5.41, 5.74) is 1.23. The molecule has 2 aliphatic rings. The summed E-state index contributed by atoms with van der Waals surface area (Å²) in [6.07, 6.45) is 0. The monoisotopic (exact) mass is 225 g/mol. The molecular formula is C11H14ClN2O+. The zero-order valence-electron chi connectivity index (χ0n) is 8.53. The van der Waals surface area contributed by atoms with E-state index in [0.717, 1.165) is 42.6 Å². The summed E-state index contributed by atoms with van der Waals surface area (Å²) in [6, 6.07) is 8.07. The molecule has 0 amide bonds. The fourth-order valence-electron chi connectivity index (χ4n) is 2.25. The Hall–Kier alpha value is -0.770. The lowest BCUT2D eigenvalue weighted by Gasteiger charge is -2.23. The minimum atomic E-state index is 0.811. The number of nitrogens with zero attached hydrogens (tertiary/aromatic N) is 2. The van der Waals surface area contributed by atoms with Gasteiger partial charge in [0.1, 0.15) is 13.1 Å². The van der Waals surface area contributed by atoms with E-state index in [4.69, 9.17) is 16.3 Å². The van der Waals surface area contributed by atoms with Gasteiger partial charge in [-0.2, -0.15) is 9.60 Å². The van der Waals surface area contributed by atoms with Crippen LogP contribution in [0.25, 0.3) is 0 Å². The smallest absolute Gasteiger partial charge is 0.220 e. The lowest BCUT2D eigenvalue weighted by atomic mass is 10.3. The molecule has 0 bridgehead atoms. The maximum absolute atomic E-state index is 5.99. The summed E-state index contributed by atoms with van der Waals surface area (Å²) in [7, 11) is 0. The third kappa shape index (κ3) is 1.61. The van der Waals surface area contributed by atoms with Gasteiger partial charge in [0.25, 0.3) is 0 Å². The van der Waals surface area contributed by atoms with Crippen LogP contribution < -0.4 is 5.01 Å². The van der Waals surface area contributed by atoms with Crippen molar-refractivity contribution in [1.82, 2.24) is 0 Å². The van der Waals surface area contributed by atoms with Gasteiger partial charge < -0.3 is 4.74 Å². The van der Waals surface area contributed by atoms with Crippen LogP contribution in [0.2, 0.25) is 5.02 Å². The van der Waals surface area contributed by atoms with Gasteiger partial charge in [-0.15, -0.1) is 0 Å². The minimum Gasteiger partial charge on any atom is -0.370 e. The number of anilines is 1. The van der Waals surface area contributed by atoms with E-state index in [1.165, 1.54) is 5.69 Å². The first-order valence-electron chi connectivity index (χ1n) is 5.28. The Morgan fingerprint density at radius 3 is 2.80 bits per heavy atom. The topological polar surface area (TPSA) is 12.2 Å². The van der Waals surface area contributed by atoms with E-state index in [-0.39, 0.29) is 0 Å². The van der Waals surface area contributed by atoms with Crippen molar-refractivity contribution in [3.63, 3.8) is 0 Å². The molecule has 0 aliphatic carbocycles. The van der Waals surface area contributed by atoms with E-state index >= 15 is 0 Å². The third-order valence-corrected chi connectivity index (χ3v) is 3.47. The van der Waals surface area contributed by atoms with E-state index < -0.39 is 0 Å². The van der Waals surface area contributed by atoms with Crippen LogP contribution in [0.15, 0.2) is 24.3 Å². The van der Waals surface area contributed by atoms with Crippen LogP contribution in [-0.2, 0) is 4.74 Å². The van der Waals surface area contributed by atoms with Gasteiger partial charge in [0.05, 0.1) is 18.9 Å². The van der Waals surface area contributed by atoms with Gasteiger partial charge in [0, 0.05) is 5.02 Å². The molecule has 0 aromatic heterocycles. The molecule has 1 aromatic rings.